The third-order valence-electron chi connectivity index (χ3n) is 9.09. The number of carbonyl (C=O) groups is 2. The monoisotopic (exact) mass is 565 g/mol. The van der Waals surface area contributed by atoms with Crippen LogP contribution in [0.5, 0.6) is 0 Å². The van der Waals surface area contributed by atoms with Gasteiger partial charge in [0.05, 0.1) is 25.1 Å². The number of hydrogen-bond donors (Lipinski definition) is 3. The van der Waals surface area contributed by atoms with Crippen LogP contribution in [0.2, 0.25) is 0 Å². The fraction of sp³-hybridized carbons (Fsp3) is 0.419. The Bertz CT molecular complexity index is 1570. The molecule has 216 valence electrons. The number of hydrogen-bond acceptors (Lipinski definition) is 8. The van der Waals surface area contributed by atoms with Gasteiger partial charge in [0.1, 0.15) is 6.04 Å². The van der Waals surface area contributed by atoms with Crippen LogP contribution in [-0.4, -0.2) is 61.6 Å². The number of fused-ring (bicyclic) bond motifs is 3. The largest absolute Gasteiger partial charge is 0.399 e. The zero-order valence-electron chi connectivity index (χ0n) is 23.9. The van der Waals surface area contributed by atoms with Crippen LogP contribution in [0.4, 0.5) is 0 Å². The van der Waals surface area contributed by atoms with Crippen LogP contribution in [0, 0.1) is 17.2 Å². The first kappa shape index (κ1) is 27.6. The van der Waals surface area contributed by atoms with Gasteiger partial charge in [-0.15, -0.1) is 10.2 Å². The van der Waals surface area contributed by atoms with E-state index in [0.717, 1.165) is 40.7 Å². The maximum absolute atomic E-state index is 13.3. The number of nitriles is 1. The van der Waals surface area contributed by atoms with Gasteiger partial charge < -0.3 is 21.7 Å². The normalized spacial score (nSPS) is 24.5. The molecule has 11 heteroatoms. The molecular formula is C31H35N9O2. The number of primary amides is 1. The first-order chi connectivity index (χ1) is 20.1. The number of tetrazole rings is 1. The number of aryl methyl sites for hydroxylation is 3. The second kappa shape index (κ2) is 10.4. The van der Waals surface area contributed by atoms with Gasteiger partial charge in [0.15, 0.2) is 5.82 Å². The number of nitrogens with zero attached hydrogens (tertiary/aromatic N) is 6. The Hall–Kier alpha value is -4.56. The molecule has 1 saturated carbocycles. The van der Waals surface area contributed by atoms with Gasteiger partial charge in [0.2, 0.25) is 11.8 Å². The van der Waals surface area contributed by atoms with E-state index in [4.69, 9.17) is 16.6 Å². The van der Waals surface area contributed by atoms with Gasteiger partial charge in [-0.25, -0.2) is 0 Å². The molecule has 0 bridgehead atoms. The highest BCUT2D eigenvalue weighted by molar-refractivity contribution is 5.93. The van der Waals surface area contributed by atoms with Crippen molar-refractivity contribution in [2.45, 2.75) is 62.6 Å². The van der Waals surface area contributed by atoms with Gasteiger partial charge in [-0.1, -0.05) is 24.8 Å². The third-order valence-corrected chi connectivity index (χ3v) is 9.09. The molecule has 42 heavy (non-hydrogen) atoms. The summed E-state index contributed by atoms with van der Waals surface area (Å²) < 4.78 is 0. The number of nitrogens with one attached hydrogen (secondary N) is 1. The zero-order valence-corrected chi connectivity index (χ0v) is 23.9. The molecule has 2 unspecified atom stereocenters. The van der Waals surface area contributed by atoms with Gasteiger partial charge >= 0.3 is 0 Å². The number of nitrogens with two attached hydrogens (primary N) is 2. The van der Waals surface area contributed by atoms with Crippen LogP contribution in [0.15, 0.2) is 43.0 Å². The van der Waals surface area contributed by atoms with Gasteiger partial charge in [-0.3, -0.25) is 9.59 Å². The third kappa shape index (κ3) is 4.61. The lowest BCUT2D eigenvalue weighted by Crippen LogP contribution is -2.46. The maximum atomic E-state index is 13.3. The lowest BCUT2D eigenvalue weighted by atomic mass is 9.67. The molecular weight excluding hydrogens is 530 g/mol. The fourth-order valence-corrected chi connectivity index (χ4v) is 7.02. The molecule has 1 aromatic heterocycles. The summed E-state index contributed by atoms with van der Waals surface area (Å²) in [7, 11) is 1.73. The summed E-state index contributed by atoms with van der Waals surface area (Å²) in [6.07, 6.45) is 3.61. The molecule has 5 N–H and O–H groups in total. The molecule has 2 fully saturated rings. The van der Waals surface area contributed by atoms with Crippen LogP contribution >= 0.6 is 0 Å². The van der Waals surface area contributed by atoms with Crippen molar-refractivity contribution in [1.29, 1.82) is 5.26 Å². The highest BCUT2D eigenvalue weighted by atomic mass is 16.2. The smallest absolute Gasteiger partial charge is 0.248 e. The van der Waals surface area contributed by atoms with E-state index in [2.05, 4.69) is 40.4 Å². The Labute approximate surface area is 244 Å². The van der Waals surface area contributed by atoms with Gasteiger partial charge in [0.25, 0.3) is 0 Å². The first-order valence-corrected chi connectivity index (χ1v) is 14.3. The van der Waals surface area contributed by atoms with Crippen molar-refractivity contribution in [3.8, 4) is 6.07 Å². The zero-order chi connectivity index (χ0) is 29.8. The number of amides is 2. The fourth-order valence-electron chi connectivity index (χ4n) is 7.02. The van der Waals surface area contributed by atoms with Crippen molar-refractivity contribution in [3.05, 3.63) is 82.2 Å². The average Bonchev–Trinajstić information content (AvgIpc) is 3.46. The quantitative estimate of drug-likeness (QED) is 0.370. The molecule has 2 amide bonds. The Balaban J connectivity index is 1.42. The van der Waals surface area contributed by atoms with Crippen molar-refractivity contribution in [2.75, 3.05) is 6.54 Å². The van der Waals surface area contributed by atoms with Crippen LogP contribution < -0.4 is 16.8 Å². The van der Waals surface area contributed by atoms with Crippen LogP contribution in [0.25, 0.3) is 5.70 Å². The average molecular weight is 566 g/mol. The topological polar surface area (TPSA) is 169 Å². The lowest BCUT2D eigenvalue weighted by Gasteiger charge is -2.36. The van der Waals surface area contributed by atoms with E-state index in [0.29, 0.717) is 42.3 Å². The van der Waals surface area contributed by atoms with E-state index in [1.807, 2.05) is 25.1 Å². The van der Waals surface area contributed by atoms with Crippen LogP contribution in [0.3, 0.4) is 0 Å². The van der Waals surface area contributed by atoms with Crippen molar-refractivity contribution in [2.24, 2.45) is 24.4 Å². The molecule has 1 saturated heterocycles. The summed E-state index contributed by atoms with van der Waals surface area (Å²) in [6, 6.07) is 13.6. The minimum atomic E-state index is -0.861. The molecule has 0 spiro atoms. The van der Waals surface area contributed by atoms with Crippen molar-refractivity contribution < 1.29 is 9.59 Å². The predicted molar refractivity (Wildman–Crippen MR) is 156 cm³/mol. The maximum Gasteiger partial charge on any atom is 0.248 e. The van der Waals surface area contributed by atoms with Crippen molar-refractivity contribution >= 4 is 17.5 Å². The molecule has 0 radical (unpaired) electrons. The molecule has 11 nitrogen and oxygen atoms in total. The molecule has 6 rings (SSSR count). The molecule has 3 aromatic rings. The van der Waals surface area contributed by atoms with E-state index < -0.39 is 11.3 Å². The summed E-state index contributed by atoms with van der Waals surface area (Å²) in [5.74, 6) is 0.434. The van der Waals surface area contributed by atoms with Crippen LogP contribution in [0.1, 0.15) is 70.2 Å². The summed E-state index contributed by atoms with van der Waals surface area (Å²) in [4.78, 5) is 28.6. The summed E-state index contributed by atoms with van der Waals surface area (Å²) >= 11 is 0. The molecule has 5 atom stereocenters. The second-order valence-electron chi connectivity index (χ2n) is 11.9. The Kier molecular flexibility index (Phi) is 6.81. The molecule has 2 aromatic carbocycles. The molecule has 2 heterocycles. The molecule has 2 aliphatic carbocycles. The summed E-state index contributed by atoms with van der Waals surface area (Å²) in [5.41, 5.74) is 16.7. The van der Waals surface area contributed by atoms with Crippen LogP contribution in [-0.2, 0) is 30.1 Å². The number of benzene rings is 2. The van der Waals surface area contributed by atoms with Crippen molar-refractivity contribution in [3.63, 3.8) is 0 Å². The number of piperidine rings is 1. The Morgan fingerprint density at radius 2 is 1.81 bits per heavy atom. The van der Waals surface area contributed by atoms with Crippen molar-refractivity contribution in [1.82, 2.24) is 30.4 Å². The minimum Gasteiger partial charge on any atom is -0.399 e. The first-order valence-electron chi connectivity index (χ1n) is 14.3. The number of rotatable bonds is 8. The standard InChI is InChI=1S/C31H35N9O2/c1-17(35-16-28(41)40-24(15-32)12-23-13-27(23)40)14-31(30-36-38-39(3)37-30)25-8-6-19(18(2)33)10-20(25)4-5-21-11-22(29(34)42)7-9-26(21)31/h6-11,17,23-24,27,35H,2,4-5,12-14,16,33H2,1,3H3,(H2,34,42)/t17-,23?,24+,27+,31?/m1/s1. The van der Waals surface area contributed by atoms with E-state index in [1.54, 1.807) is 18.0 Å². The Morgan fingerprint density at radius 3 is 2.40 bits per heavy atom. The summed E-state index contributed by atoms with van der Waals surface area (Å²) in [6.45, 7) is 6.09. The SMILES string of the molecule is C=C(N)c1ccc2c(c1)CCc1cc(C(N)=O)ccc1C2(C[C@@H](C)NCC(=O)N1[C@H](C#N)CC2C[C@@H]21)c1nnn(C)n1. The van der Waals surface area contributed by atoms with Gasteiger partial charge in [-0.05, 0) is 96.2 Å². The predicted octanol–water partition coefficient (Wildman–Crippen LogP) is 1.55. The van der Waals surface area contributed by atoms with E-state index in [9.17, 15) is 14.9 Å². The highest BCUT2D eigenvalue weighted by Crippen LogP contribution is 2.48. The van der Waals surface area contributed by atoms with E-state index in [1.165, 1.54) is 4.80 Å². The van der Waals surface area contributed by atoms with E-state index in [-0.39, 0.29) is 30.6 Å². The number of likely N-dealkylation sites (tertiary alicyclic amines) is 1. The lowest BCUT2D eigenvalue weighted by molar-refractivity contribution is -0.131. The molecule has 1 aliphatic heterocycles. The number of carbonyl (C=O) groups excluding carboxylic acids is 2. The number of aromatic nitrogens is 4. The minimum absolute atomic E-state index is 0.0519. The highest BCUT2D eigenvalue weighted by Gasteiger charge is 2.54. The Morgan fingerprint density at radius 1 is 1.14 bits per heavy atom. The van der Waals surface area contributed by atoms with Gasteiger partial charge in [-0.2, -0.15) is 10.1 Å². The van der Waals surface area contributed by atoms with E-state index >= 15 is 0 Å². The van der Waals surface area contributed by atoms with Gasteiger partial charge in [0, 0.05) is 23.3 Å². The molecule has 3 aliphatic rings. The second-order valence-corrected chi connectivity index (χ2v) is 11.9. The summed E-state index contributed by atoms with van der Waals surface area (Å²) in [5, 5.41) is 26.5.